The zero-order valence-electron chi connectivity index (χ0n) is 17.2. The lowest BCUT2D eigenvalue weighted by atomic mass is 9.71. The Morgan fingerprint density at radius 1 is 0.933 bits per heavy atom. The Labute approximate surface area is 175 Å². The number of anilines is 1. The second kappa shape index (κ2) is 6.11. The van der Waals surface area contributed by atoms with Crippen LogP contribution in [-0.2, 0) is 11.3 Å². The van der Waals surface area contributed by atoms with Crippen molar-refractivity contribution in [2.75, 3.05) is 11.7 Å². The molecule has 2 aliphatic heterocycles. The van der Waals surface area contributed by atoms with Crippen LogP contribution in [0.3, 0.4) is 0 Å². The molecule has 3 aromatic rings. The molecule has 150 valence electrons. The third-order valence-electron chi connectivity index (χ3n) is 6.44. The summed E-state index contributed by atoms with van der Waals surface area (Å²) in [6.07, 6.45) is 1.44. The molecule has 0 N–H and O–H groups in total. The number of Topliss-reactive ketones (excluding diaryl/α,β-unsaturated/α-hetero) is 1. The van der Waals surface area contributed by atoms with Gasteiger partial charge in [0, 0.05) is 36.0 Å². The van der Waals surface area contributed by atoms with Crippen molar-refractivity contribution in [3.63, 3.8) is 0 Å². The van der Waals surface area contributed by atoms with Gasteiger partial charge in [-0.3, -0.25) is 4.79 Å². The second-order valence-corrected chi connectivity index (χ2v) is 9.21. The molecule has 0 spiro atoms. The highest BCUT2D eigenvalue weighted by molar-refractivity contribution is 6.27. The van der Waals surface area contributed by atoms with Gasteiger partial charge in [0.1, 0.15) is 0 Å². The Kier molecular flexibility index (Phi) is 3.58. The Bertz CT molecular complexity index is 1250. The number of hydrogen-bond acceptors (Lipinski definition) is 4. The van der Waals surface area contributed by atoms with Crippen LogP contribution in [0.1, 0.15) is 37.8 Å². The first kappa shape index (κ1) is 17.6. The SMILES string of the molecule is CC1(C)CC(=O)C2=C(C1)N(c1ccc3c(c1)OCO3)Cc1ccc3ccccc3c12. The van der Waals surface area contributed by atoms with Crippen molar-refractivity contribution in [1.82, 2.24) is 0 Å². The minimum atomic E-state index is -0.0629. The molecule has 0 amide bonds. The first-order valence-electron chi connectivity index (χ1n) is 10.4. The van der Waals surface area contributed by atoms with E-state index in [2.05, 4.69) is 61.2 Å². The Morgan fingerprint density at radius 2 is 1.77 bits per heavy atom. The maximum atomic E-state index is 13.5. The number of allylic oxidation sites excluding steroid dienone is 2. The fraction of sp³-hybridized carbons (Fsp3) is 0.269. The Hall–Kier alpha value is -3.27. The first-order chi connectivity index (χ1) is 14.5. The van der Waals surface area contributed by atoms with E-state index in [4.69, 9.17) is 9.47 Å². The molecule has 0 fully saturated rings. The van der Waals surface area contributed by atoms with Gasteiger partial charge in [-0.1, -0.05) is 50.2 Å². The molecule has 30 heavy (non-hydrogen) atoms. The highest BCUT2D eigenvalue weighted by Crippen LogP contribution is 2.49. The lowest BCUT2D eigenvalue weighted by molar-refractivity contribution is -0.116. The highest BCUT2D eigenvalue weighted by atomic mass is 16.7. The largest absolute Gasteiger partial charge is 0.454 e. The molecular formula is C26H23NO3. The van der Waals surface area contributed by atoms with Crippen LogP contribution < -0.4 is 14.4 Å². The number of ether oxygens (including phenoxy) is 2. The van der Waals surface area contributed by atoms with Gasteiger partial charge >= 0.3 is 0 Å². The number of hydrogen-bond donors (Lipinski definition) is 0. The number of carbonyl (C=O) groups excluding carboxylic acids is 1. The van der Waals surface area contributed by atoms with Crippen molar-refractivity contribution >= 4 is 27.8 Å². The van der Waals surface area contributed by atoms with E-state index in [1.807, 2.05) is 12.1 Å². The molecule has 0 bridgehead atoms. The minimum absolute atomic E-state index is 0.0629. The lowest BCUT2D eigenvalue weighted by Crippen LogP contribution is -2.37. The van der Waals surface area contributed by atoms with Crippen molar-refractivity contribution in [1.29, 1.82) is 0 Å². The highest BCUT2D eigenvalue weighted by Gasteiger charge is 2.40. The third-order valence-corrected chi connectivity index (χ3v) is 6.44. The predicted molar refractivity (Wildman–Crippen MR) is 118 cm³/mol. The molecule has 4 heteroatoms. The van der Waals surface area contributed by atoms with Gasteiger partial charge in [-0.25, -0.2) is 0 Å². The molecule has 3 aromatic carbocycles. The minimum Gasteiger partial charge on any atom is -0.454 e. The summed E-state index contributed by atoms with van der Waals surface area (Å²) >= 11 is 0. The molecule has 3 aliphatic rings. The topological polar surface area (TPSA) is 38.8 Å². The van der Waals surface area contributed by atoms with Crippen LogP contribution >= 0.6 is 0 Å². The molecule has 0 aromatic heterocycles. The van der Waals surface area contributed by atoms with Crippen LogP contribution in [-0.4, -0.2) is 12.6 Å². The zero-order valence-corrected chi connectivity index (χ0v) is 17.2. The standard InChI is InChI=1S/C26H23NO3/c1-26(2)12-20-25(21(28)13-26)24-17(8-7-16-5-3-4-6-19(16)24)14-27(20)18-9-10-22-23(11-18)30-15-29-22/h3-11H,12-15H2,1-2H3. The fourth-order valence-electron chi connectivity index (χ4n) is 5.11. The van der Waals surface area contributed by atoms with Gasteiger partial charge in [0.2, 0.25) is 6.79 Å². The van der Waals surface area contributed by atoms with E-state index in [1.54, 1.807) is 0 Å². The van der Waals surface area contributed by atoms with Gasteiger partial charge in [-0.2, -0.15) is 0 Å². The average Bonchev–Trinajstić information content (AvgIpc) is 3.19. The van der Waals surface area contributed by atoms with Crippen molar-refractivity contribution in [3.05, 3.63) is 71.4 Å². The first-order valence-corrected chi connectivity index (χ1v) is 10.4. The van der Waals surface area contributed by atoms with Crippen LogP contribution in [0.2, 0.25) is 0 Å². The van der Waals surface area contributed by atoms with E-state index in [9.17, 15) is 4.79 Å². The smallest absolute Gasteiger partial charge is 0.231 e. The van der Waals surface area contributed by atoms with E-state index < -0.39 is 0 Å². The lowest BCUT2D eigenvalue weighted by Gasteiger charge is -2.42. The number of carbonyl (C=O) groups is 1. The second-order valence-electron chi connectivity index (χ2n) is 9.21. The molecule has 0 unspecified atom stereocenters. The molecule has 0 saturated carbocycles. The number of nitrogens with zero attached hydrogens (tertiary/aromatic N) is 1. The van der Waals surface area contributed by atoms with Gasteiger partial charge in [0.05, 0.1) is 0 Å². The van der Waals surface area contributed by atoms with Crippen LogP contribution in [0, 0.1) is 5.41 Å². The van der Waals surface area contributed by atoms with Crippen molar-refractivity contribution in [3.8, 4) is 11.5 Å². The average molecular weight is 397 g/mol. The third kappa shape index (κ3) is 2.56. The molecule has 0 saturated heterocycles. The molecular weight excluding hydrogens is 374 g/mol. The molecule has 1 aliphatic carbocycles. The zero-order chi connectivity index (χ0) is 20.5. The van der Waals surface area contributed by atoms with Crippen LogP contribution in [0.5, 0.6) is 11.5 Å². The molecule has 6 rings (SSSR count). The number of rotatable bonds is 1. The summed E-state index contributed by atoms with van der Waals surface area (Å²) in [5.41, 5.74) is 5.31. The van der Waals surface area contributed by atoms with Crippen molar-refractivity contribution < 1.29 is 14.3 Å². The van der Waals surface area contributed by atoms with Gasteiger partial charge in [0.25, 0.3) is 0 Å². The Balaban J connectivity index is 1.60. The molecule has 4 nitrogen and oxygen atoms in total. The number of fused-ring (bicyclic) bond motifs is 5. The molecule has 2 heterocycles. The predicted octanol–water partition coefficient (Wildman–Crippen LogP) is 5.69. The Morgan fingerprint density at radius 3 is 2.67 bits per heavy atom. The van der Waals surface area contributed by atoms with Crippen molar-refractivity contribution in [2.45, 2.75) is 33.2 Å². The quantitative estimate of drug-likeness (QED) is 0.529. The van der Waals surface area contributed by atoms with Gasteiger partial charge < -0.3 is 14.4 Å². The summed E-state index contributed by atoms with van der Waals surface area (Å²) in [4.78, 5) is 15.8. The maximum absolute atomic E-state index is 13.5. The van der Waals surface area contributed by atoms with Crippen LogP contribution in [0.25, 0.3) is 16.3 Å². The summed E-state index contributed by atoms with van der Waals surface area (Å²) in [6.45, 7) is 5.37. The number of benzene rings is 3. The summed E-state index contributed by atoms with van der Waals surface area (Å²) in [5.74, 6) is 1.78. The van der Waals surface area contributed by atoms with Crippen LogP contribution in [0.15, 0.2) is 60.3 Å². The summed E-state index contributed by atoms with van der Waals surface area (Å²) in [6, 6.07) is 18.8. The molecule has 0 atom stereocenters. The fourth-order valence-corrected chi connectivity index (χ4v) is 5.11. The normalized spacial score (nSPS) is 19.1. The summed E-state index contributed by atoms with van der Waals surface area (Å²) in [7, 11) is 0. The van der Waals surface area contributed by atoms with E-state index in [-0.39, 0.29) is 18.0 Å². The maximum Gasteiger partial charge on any atom is 0.231 e. The van der Waals surface area contributed by atoms with E-state index in [0.29, 0.717) is 6.42 Å². The van der Waals surface area contributed by atoms with Crippen LogP contribution in [0.4, 0.5) is 5.69 Å². The monoisotopic (exact) mass is 397 g/mol. The van der Waals surface area contributed by atoms with Gasteiger partial charge in [-0.15, -0.1) is 0 Å². The van der Waals surface area contributed by atoms with E-state index in [0.717, 1.165) is 47.0 Å². The van der Waals surface area contributed by atoms with E-state index in [1.165, 1.54) is 16.3 Å². The summed E-state index contributed by atoms with van der Waals surface area (Å²) < 4.78 is 11.1. The number of ketones is 1. The summed E-state index contributed by atoms with van der Waals surface area (Å²) in [5, 5.41) is 2.35. The van der Waals surface area contributed by atoms with Gasteiger partial charge in [0.15, 0.2) is 17.3 Å². The van der Waals surface area contributed by atoms with Gasteiger partial charge in [-0.05, 0) is 45.9 Å². The molecule has 0 radical (unpaired) electrons. The van der Waals surface area contributed by atoms with E-state index >= 15 is 0 Å². The van der Waals surface area contributed by atoms with Crippen molar-refractivity contribution in [2.24, 2.45) is 5.41 Å².